The molecule has 0 saturated carbocycles. The van der Waals surface area contributed by atoms with E-state index < -0.39 is 0 Å². The fourth-order valence-corrected chi connectivity index (χ4v) is 1.40. The number of hydrogen-bond donors (Lipinski definition) is 1. The van der Waals surface area contributed by atoms with Crippen molar-refractivity contribution in [2.24, 2.45) is 5.73 Å². The fourth-order valence-electron chi connectivity index (χ4n) is 1.40. The monoisotopic (exact) mass is 205 g/mol. The zero-order valence-electron chi connectivity index (χ0n) is 9.71. The summed E-state index contributed by atoms with van der Waals surface area (Å²) >= 11 is 0. The first-order chi connectivity index (χ1) is 6.88. The van der Waals surface area contributed by atoms with Crippen molar-refractivity contribution >= 4 is 5.78 Å². The molecule has 1 aromatic rings. The van der Waals surface area contributed by atoms with Gasteiger partial charge in [-0.15, -0.1) is 0 Å². The first kappa shape index (κ1) is 11.9. The van der Waals surface area contributed by atoms with Gasteiger partial charge in [-0.2, -0.15) is 0 Å². The van der Waals surface area contributed by atoms with Crippen LogP contribution in [0.4, 0.5) is 0 Å². The van der Waals surface area contributed by atoms with Gasteiger partial charge in [0.25, 0.3) is 0 Å². The minimum atomic E-state index is -0.264. The minimum absolute atomic E-state index is 0.178. The van der Waals surface area contributed by atoms with Gasteiger partial charge in [0.15, 0.2) is 5.78 Å². The summed E-state index contributed by atoms with van der Waals surface area (Å²) in [7, 11) is 0. The Morgan fingerprint density at radius 1 is 1.40 bits per heavy atom. The number of hydrogen-bond acceptors (Lipinski definition) is 2. The number of carbonyl (C=O) groups is 1. The molecule has 0 aliphatic carbocycles. The summed E-state index contributed by atoms with van der Waals surface area (Å²) in [6.07, 6.45) is 1.24. The van der Waals surface area contributed by atoms with E-state index in [0.29, 0.717) is 6.42 Å². The quantitative estimate of drug-likeness (QED) is 0.768. The molecule has 0 aliphatic heterocycles. The Labute approximate surface area is 91.5 Å². The van der Waals surface area contributed by atoms with Crippen molar-refractivity contribution in [2.45, 2.75) is 39.2 Å². The van der Waals surface area contributed by atoms with Crippen molar-refractivity contribution in [2.75, 3.05) is 0 Å². The molecule has 15 heavy (non-hydrogen) atoms. The Morgan fingerprint density at radius 2 is 2.07 bits per heavy atom. The number of benzene rings is 1. The van der Waals surface area contributed by atoms with Crippen LogP contribution < -0.4 is 5.73 Å². The summed E-state index contributed by atoms with van der Waals surface area (Å²) < 4.78 is 0. The van der Waals surface area contributed by atoms with Crippen LogP contribution in [-0.2, 0) is 0 Å². The van der Waals surface area contributed by atoms with Gasteiger partial charge in [0.2, 0.25) is 0 Å². The van der Waals surface area contributed by atoms with Crippen molar-refractivity contribution < 1.29 is 4.79 Å². The molecule has 0 radical (unpaired) electrons. The van der Waals surface area contributed by atoms with Gasteiger partial charge in [0.05, 0.1) is 0 Å². The molecule has 2 heteroatoms. The van der Waals surface area contributed by atoms with Gasteiger partial charge in [-0.3, -0.25) is 4.79 Å². The summed E-state index contributed by atoms with van der Waals surface area (Å²) in [6.45, 7) is 5.87. The number of rotatable bonds is 4. The van der Waals surface area contributed by atoms with Gasteiger partial charge < -0.3 is 5.73 Å². The largest absolute Gasteiger partial charge is 0.326 e. The van der Waals surface area contributed by atoms with E-state index in [1.807, 2.05) is 45.0 Å². The zero-order chi connectivity index (χ0) is 11.5. The molecule has 0 atom stereocenters. The lowest BCUT2D eigenvalue weighted by atomic mass is 9.95. The van der Waals surface area contributed by atoms with Gasteiger partial charge in [-0.05, 0) is 33.3 Å². The molecule has 82 valence electrons. The summed E-state index contributed by atoms with van der Waals surface area (Å²) in [5.41, 5.74) is 7.48. The maximum absolute atomic E-state index is 11.8. The highest BCUT2D eigenvalue weighted by atomic mass is 16.1. The summed E-state index contributed by atoms with van der Waals surface area (Å²) in [6, 6.07) is 7.69. The third-order valence-corrected chi connectivity index (χ3v) is 2.34. The number of aryl methyl sites for hydroxylation is 1. The van der Waals surface area contributed by atoms with E-state index in [1.54, 1.807) is 0 Å². The van der Waals surface area contributed by atoms with Gasteiger partial charge >= 0.3 is 0 Å². The van der Waals surface area contributed by atoms with Crippen molar-refractivity contribution in [3.63, 3.8) is 0 Å². The van der Waals surface area contributed by atoms with Crippen molar-refractivity contribution in [1.82, 2.24) is 0 Å². The predicted octanol–water partition coefficient (Wildman–Crippen LogP) is 2.70. The average Bonchev–Trinajstić information content (AvgIpc) is 2.13. The van der Waals surface area contributed by atoms with Gasteiger partial charge in [0.1, 0.15) is 0 Å². The molecule has 2 nitrogen and oxygen atoms in total. The topological polar surface area (TPSA) is 43.1 Å². The lowest BCUT2D eigenvalue weighted by molar-refractivity contribution is 0.0972. The first-order valence-electron chi connectivity index (χ1n) is 5.27. The van der Waals surface area contributed by atoms with Crippen LogP contribution in [0.2, 0.25) is 0 Å². The second-order valence-electron chi connectivity index (χ2n) is 4.78. The molecule has 0 bridgehead atoms. The van der Waals surface area contributed by atoms with E-state index in [9.17, 15) is 4.79 Å². The highest BCUT2D eigenvalue weighted by Crippen LogP contribution is 2.12. The standard InChI is InChI=1S/C13H19NO/c1-10-5-4-6-11(9-10)12(15)7-8-13(2,3)14/h4-6,9H,7-8,14H2,1-3H3. The molecular formula is C13H19NO. The van der Waals surface area contributed by atoms with E-state index in [4.69, 9.17) is 5.73 Å². The highest BCUT2D eigenvalue weighted by Gasteiger charge is 2.14. The van der Waals surface area contributed by atoms with Crippen LogP contribution in [0.1, 0.15) is 42.6 Å². The van der Waals surface area contributed by atoms with Crippen LogP contribution in [0.25, 0.3) is 0 Å². The number of Topliss-reactive ketones (excluding diaryl/α,β-unsaturated/α-hetero) is 1. The molecule has 0 spiro atoms. The van der Waals surface area contributed by atoms with Crippen molar-refractivity contribution in [1.29, 1.82) is 0 Å². The maximum atomic E-state index is 11.8. The smallest absolute Gasteiger partial charge is 0.162 e. The Bertz CT molecular complexity index is 350. The van der Waals surface area contributed by atoms with Crippen LogP contribution in [0.5, 0.6) is 0 Å². The summed E-state index contributed by atoms with van der Waals surface area (Å²) in [5.74, 6) is 0.178. The summed E-state index contributed by atoms with van der Waals surface area (Å²) in [5, 5.41) is 0. The van der Waals surface area contributed by atoms with Gasteiger partial charge in [-0.1, -0.05) is 23.8 Å². The second kappa shape index (κ2) is 4.58. The van der Waals surface area contributed by atoms with Crippen LogP contribution >= 0.6 is 0 Å². The minimum Gasteiger partial charge on any atom is -0.326 e. The van der Waals surface area contributed by atoms with Crippen molar-refractivity contribution in [3.05, 3.63) is 35.4 Å². The molecular weight excluding hydrogens is 186 g/mol. The molecule has 0 heterocycles. The molecule has 0 saturated heterocycles. The van der Waals surface area contributed by atoms with Gasteiger partial charge in [0, 0.05) is 17.5 Å². The number of carbonyl (C=O) groups excluding carboxylic acids is 1. The molecule has 0 aromatic heterocycles. The number of nitrogens with two attached hydrogens (primary N) is 1. The van der Waals surface area contributed by atoms with Crippen LogP contribution in [-0.4, -0.2) is 11.3 Å². The molecule has 1 rings (SSSR count). The Hall–Kier alpha value is -1.15. The molecule has 0 amide bonds. The van der Waals surface area contributed by atoms with E-state index >= 15 is 0 Å². The average molecular weight is 205 g/mol. The highest BCUT2D eigenvalue weighted by molar-refractivity contribution is 5.96. The van der Waals surface area contributed by atoms with Crippen LogP contribution in [0, 0.1) is 6.92 Å². The van der Waals surface area contributed by atoms with E-state index in [2.05, 4.69) is 0 Å². The lowest BCUT2D eigenvalue weighted by Gasteiger charge is -2.17. The Morgan fingerprint density at radius 3 is 2.60 bits per heavy atom. The predicted molar refractivity (Wildman–Crippen MR) is 63.0 cm³/mol. The van der Waals surface area contributed by atoms with E-state index in [1.165, 1.54) is 0 Å². The third kappa shape index (κ3) is 4.26. The molecule has 1 aromatic carbocycles. The molecule has 0 unspecified atom stereocenters. The maximum Gasteiger partial charge on any atom is 0.162 e. The van der Waals surface area contributed by atoms with Crippen molar-refractivity contribution in [3.8, 4) is 0 Å². The fraction of sp³-hybridized carbons (Fsp3) is 0.462. The zero-order valence-corrected chi connectivity index (χ0v) is 9.71. The normalized spacial score (nSPS) is 11.5. The van der Waals surface area contributed by atoms with E-state index in [-0.39, 0.29) is 11.3 Å². The third-order valence-electron chi connectivity index (χ3n) is 2.34. The first-order valence-corrected chi connectivity index (χ1v) is 5.27. The SMILES string of the molecule is Cc1cccc(C(=O)CCC(C)(C)N)c1. The molecule has 2 N–H and O–H groups in total. The van der Waals surface area contributed by atoms with Gasteiger partial charge in [-0.25, -0.2) is 0 Å². The lowest BCUT2D eigenvalue weighted by Crippen LogP contribution is -2.32. The summed E-state index contributed by atoms with van der Waals surface area (Å²) in [4.78, 5) is 11.8. The molecule has 0 fully saturated rings. The Balaban J connectivity index is 2.62. The Kier molecular flexibility index (Phi) is 3.64. The van der Waals surface area contributed by atoms with E-state index in [0.717, 1.165) is 17.5 Å². The van der Waals surface area contributed by atoms with Crippen LogP contribution in [0.15, 0.2) is 24.3 Å². The second-order valence-corrected chi connectivity index (χ2v) is 4.78. The molecule has 0 aliphatic rings. The van der Waals surface area contributed by atoms with Crippen LogP contribution in [0.3, 0.4) is 0 Å². The number of ketones is 1.